The molecule has 0 saturated carbocycles. The smallest absolute Gasteiger partial charge is 0.335 e. The van der Waals surface area contributed by atoms with Crippen molar-refractivity contribution in [2.24, 2.45) is 5.16 Å². The van der Waals surface area contributed by atoms with Gasteiger partial charge in [0.05, 0.1) is 12.3 Å². The van der Waals surface area contributed by atoms with Crippen LogP contribution in [0.5, 0.6) is 0 Å². The Balaban J connectivity index is 1.69. The van der Waals surface area contributed by atoms with Crippen molar-refractivity contribution in [1.29, 1.82) is 0 Å². The van der Waals surface area contributed by atoms with Crippen molar-refractivity contribution in [2.45, 2.75) is 38.9 Å². The maximum absolute atomic E-state index is 12.1. The molecular formula is C22H24INO4. The van der Waals surface area contributed by atoms with Gasteiger partial charge in [-0.1, -0.05) is 35.5 Å². The van der Waals surface area contributed by atoms with Crippen LogP contribution in [-0.4, -0.2) is 31.0 Å². The molecule has 28 heavy (non-hydrogen) atoms. The van der Waals surface area contributed by atoms with E-state index in [0.29, 0.717) is 19.6 Å². The quantitative estimate of drug-likeness (QED) is 0.397. The summed E-state index contributed by atoms with van der Waals surface area (Å²) in [6, 6.07) is 16.3. The highest BCUT2D eigenvalue weighted by atomic mass is 127. The number of hydrogen-bond donors (Lipinski definition) is 0. The van der Waals surface area contributed by atoms with Crippen LogP contribution in [0.3, 0.4) is 0 Å². The molecule has 1 aliphatic heterocycles. The van der Waals surface area contributed by atoms with Crippen LogP contribution in [0.15, 0.2) is 53.7 Å². The van der Waals surface area contributed by atoms with Crippen molar-refractivity contribution in [3.8, 4) is 0 Å². The molecule has 0 fully saturated rings. The maximum Gasteiger partial charge on any atom is 0.335 e. The van der Waals surface area contributed by atoms with Gasteiger partial charge in [-0.25, -0.2) is 4.79 Å². The minimum absolute atomic E-state index is 0.0636. The van der Waals surface area contributed by atoms with Crippen LogP contribution >= 0.6 is 22.6 Å². The number of oxime groups is 1. The molecule has 0 saturated heterocycles. The molecule has 0 aliphatic carbocycles. The molecule has 2 unspecified atom stereocenters. The Morgan fingerprint density at radius 1 is 1.21 bits per heavy atom. The first-order valence-corrected chi connectivity index (χ1v) is 10.5. The number of ether oxygens (including phenoxy) is 2. The van der Waals surface area contributed by atoms with Crippen molar-refractivity contribution in [3.05, 3.63) is 68.8 Å². The third-order valence-corrected chi connectivity index (χ3v) is 5.23. The minimum Gasteiger partial charge on any atom is -0.464 e. The number of halogens is 1. The highest BCUT2D eigenvalue weighted by Gasteiger charge is 2.25. The molecule has 2 aromatic rings. The number of rotatable bonds is 8. The molecule has 3 rings (SSSR count). The summed E-state index contributed by atoms with van der Waals surface area (Å²) in [6.07, 6.45) is 0.527. The molecule has 1 aliphatic rings. The summed E-state index contributed by atoms with van der Waals surface area (Å²) in [6.45, 7) is 4.47. The van der Waals surface area contributed by atoms with Gasteiger partial charge in [0.1, 0.15) is 0 Å². The molecule has 6 heteroatoms. The predicted molar refractivity (Wildman–Crippen MR) is 116 cm³/mol. The second-order valence-electron chi connectivity index (χ2n) is 6.49. The Morgan fingerprint density at radius 2 is 2.00 bits per heavy atom. The lowest BCUT2D eigenvalue weighted by molar-refractivity contribution is -0.156. The Morgan fingerprint density at radius 3 is 2.71 bits per heavy atom. The van der Waals surface area contributed by atoms with E-state index in [-0.39, 0.29) is 12.1 Å². The van der Waals surface area contributed by atoms with E-state index >= 15 is 0 Å². The maximum atomic E-state index is 12.1. The standard InChI is InChI=1S/C22H24INO4/c1-3-26-21(22(25)27-4-2)13-15-6-5-7-17(12-15)19-14-20(28-24-19)16-8-10-18(23)11-9-16/h5-12,20-21H,3-4,13-14H2,1-2H3. The van der Waals surface area contributed by atoms with Crippen molar-refractivity contribution in [1.82, 2.24) is 0 Å². The zero-order valence-corrected chi connectivity index (χ0v) is 18.2. The second kappa shape index (κ2) is 10.0. The number of hydrogen-bond acceptors (Lipinski definition) is 5. The van der Waals surface area contributed by atoms with Gasteiger partial charge in [-0.2, -0.15) is 0 Å². The zero-order chi connectivity index (χ0) is 19.9. The predicted octanol–water partition coefficient (Wildman–Crippen LogP) is 4.67. The van der Waals surface area contributed by atoms with Crippen LogP contribution in [0, 0.1) is 3.57 Å². The topological polar surface area (TPSA) is 57.1 Å². The van der Waals surface area contributed by atoms with E-state index in [9.17, 15) is 4.79 Å². The first-order valence-electron chi connectivity index (χ1n) is 9.46. The fourth-order valence-corrected chi connectivity index (χ4v) is 3.50. The van der Waals surface area contributed by atoms with E-state index < -0.39 is 6.10 Å². The van der Waals surface area contributed by atoms with Crippen LogP contribution in [0.4, 0.5) is 0 Å². The monoisotopic (exact) mass is 493 g/mol. The number of benzene rings is 2. The van der Waals surface area contributed by atoms with E-state index in [1.807, 2.05) is 31.2 Å². The van der Waals surface area contributed by atoms with Crippen LogP contribution in [0.25, 0.3) is 0 Å². The molecule has 2 aromatic carbocycles. The first-order chi connectivity index (χ1) is 13.6. The molecule has 0 bridgehead atoms. The molecule has 0 radical (unpaired) electrons. The lowest BCUT2D eigenvalue weighted by Crippen LogP contribution is -2.29. The first kappa shape index (κ1) is 20.8. The van der Waals surface area contributed by atoms with Gasteiger partial charge in [0.25, 0.3) is 0 Å². The summed E-state index contributed by atoms with van der Waals surface area (Å²) in [5.74, 6) is -0.324. The molecule has 1 heterocycles. The van der Waals surface area contributed by atoms with Gasteiger partial charge in [-0.05, 0) is 71.3 Å². The zero-order valence-electron chi connectivity index (χ0n) is 16.1. The Bertz CT molecular complexity index is 835. The summed E-state index contributed by atoms with van der Waals surface area (Å²) in [5, 5.41) is 4.30. The molecule has 148 valence electrons. The summed E-state index contributed by atoms with van der Waals surface area (Å²) in [4.78, 5) is 17.8. The highest BCUT2D eigenvalue weighted by Crippen LogP contribution is 2.30. The average molecular weight is 493 g/mol. The van der Waals surface area contributed by atoms with Gasteiger partial charge in [-0.15, -0.1) is 0 Å². The van der Waals surface area contributed by atoms with Gasteiger partial charge < -0.3 is 14.3 Å². The van der Waals surface area contributed by atoms with Gasteiger partial charge in [0.2, 0.25) is 0 Å². The fourth-order valence-electron chi connectivity index (χ4n) is 3.14. The van der Waals surface area contributed by atoms with E-state index in [1.54, 1.807) is 6.92 Å². The third-order valence-electron chi connectivity index (χ3n) is 4.51. The summed E-state index contributed by atoms with van der Waals surface area (Å²) >= 11 is 2.29. The Hall–Kier alpha value is -1.93. The van der Waals surface area contributed by atoms with Gasteiger partial charge in [0.15, 0.2) is 12.2 Å². The minimum atomic E-state index is -0.596. The summed E-state index contributed by atoms with van der Waals surface area (Å²) < 4.78 is 11.9. The second-order valence-corrected chi connectivity index (χ2v) is 7.73. The van der Waals surface area contributed by atoms with Crippen molar-refractivity contribution in [3.63, 3.8) is 0 Å². The molecule has 0 N–H and O–H groups in total. The van der Waals surface area contributed by atoms with E-state index in [4.69, 9.17) is 14.3 Å². The van der Waals surface area contributed by atoms with Crippen LogP contribution in [0.2, 0.25) is 0 Å². The number of nitrogens with zero attached hydrogens (tertiary/aromatic N) is 1. The Labute approximate surface area is 179 Å². The molecule has 0 amide bonds. The Kier molecular flexibility index (Phi) is 7.44. The van der Waals surface area contributed by atoms with Crippen molar-refractivity contribution in [2.75, 3.05) is 13.2 Å². The van der Waals surface area contributed by atoms with Crippen LogP contribution in [0.1, 0.15) is 43.1 Å². The lowest BCUT2D eigenvalue weighted by Gasteiger charge is -2.16. The number of esters is 1. The molecular weight excluding hydrogens is 469 g/mol. The van der Waals surface area contributed by atoms with Crippen molar-refractivity contribution >= 4 is 34.3 Å². The molecule has 0 aromatic heterocycles. The SMILES string of the molecule is CCOC(=O)C(Cc1cccc(C2=NOC(c3ccc(I)cc3)C2)c1)OCC. The van der Waals surface area contributed by atoms with E-state index in [1.165, 1.54) is 3.57 Å². The third kappa shape index (κ3) is 5.32. The largest absolute Gasteiger partial charge is 0.464 e. The number of carbonyl (C=O) groups is 1. The fraction of sp³-hybridized carbons (Fsp3) is 0.364. The molecule has 0 spiro atoms. The van der Waals surface area contributed by atoms with E-state index in [2.05, 4.69) is 52.0 Å². The van der Waals surface area contributed by atoms with Crippen LogP contribution in [-0.2, 0) is 25.5 Å². The van der Waals surface area contributed by atoms with Crippen LogP contribution < -0.4 is 0 Å². The highest BCUT2D eigenvalue weighted by molar-refractivity contribution is 14.1. The normalized spacial score (nSPS) is 17.0. The molecule has 2 atom stereocenters. The van der Waals surface area contributed by atoms with Gasteiger partial charge in [0, 0.05) is 23.0 Å². The lowest BCUT2D eigenvalue weighted by atomic mass is 9.97. The number of carbonyl (C=O) groups excluding carboxylic acids is 1. The molecule has 5 nitrogen and oxygen atoms in total. The summed E-state index contributed by atoms with van der Waals surface area (Å²) in [7, 11) is 0. The van der Waals surface area contributed by atoms with Gasteiger partial charge in [-0.3, -0.25) is 0 Å². The van der Waals surface area contributed by atoms with E-state index in [0.717, 1.165) is 28.8 Å². The van der Waals surface area contributed by atoms with Crippen molar-refractivity contribution < 1.29 is 19.1 Å². The summed E-state index contributed by atoms with van der Waals surface area (Å²) in [5.41, 5.74) is 4.04. The van der Waals surface area contributed by atoms with Gasteiger partial charge >= 0.3 is 5.97 Å². The average Bonchev–Trinajstić information content (AvgIpc) is 3.19.